The number of unbranched alkanes of at least 4 members (excludes halogenated alkanes) is 9. The molecule has 112 valence electrons. The Morgan fingerprint density at radius 2 is 1.58 bits per heavy atom. The van der Waals surface area contributed by atoms with Crippen molar-refractivity contribution < 1.29 is 9.53 Å². The van der Waals surface area contributed by atoms with Gasteiger partial charge in [0.2, 0.25) is 0 Å². The maximum atomic E-state index is 11.0. The van der Waals surface area contributed by atoms with Crippen molar-refractivity contribution in [2.75, 3.05) is 6.54 Å². The van der Waals surface area contributed by atoms with Crippen LogP contribution in [-0.2, 0) is 4.74 Å². The van der Waals surface area contributed by atoms with Crippen molar-refractivity contribution in [1.82, 2.24) is 5.32 Å². The highest BCUT2D eigenvalue weighted by Crippen LogP contribution is 2.15. The number of ether oxygens (including phenoxy) is 1. The number of amides is 1. The molecule has 3 heteroatoms. The maximum absolute atomic E-state index is 11.0. The normalized spacial score (nSPS) is 19.0. The molecule has 0 spiro atoms. The van der Waals surface area contributed by atoms with Gasteiger partial charge in [0.1, 0.15) is 6.10 Å². The van der Waals surface area contributed by atoms with E-state index >= 15 is 0 Å². The molecule has 1 fully saturated rings. The molecule has 1 heterocycles. The number of carbonyl (C=O) groups excluding carboxylic acids is 1. The fourth-order valence-corrected chi connectivity index (χ4v) is 2.65. The summed E-state index contributed by atoms with van der Waals surface area (Å²) in [6.07, 6.45) is 15.5. The lowest BCUT2D eigenvalue weighted by molar-refractivity contribution is 0.0678. The highest BCUT2D eigenvalue weighted by molar-refractivity contribution is 5.67. The summed E-state index contributed by atoms with van der Waals surface area (Å²) < 4.78 is 5.22. The average molecular weight is 269 g/mol. The Morgan fingerprint density at radius 3 is 2.16 bits per heavy atom. The van der Waals surface area contributed by atoms with Crippen molar-refractivity contribution in [3.8, 4) is 0 Å². The molecule has 0 radical (unpaired) electrons. The van der Waals surface area contributed by atoms with Gasteiger partial charge in [-0.2, -0.15) is 0 Å². The van der Waals surface area contributed by atoms with E-state index in [-0.39, 0.29) is 12.2 Å². The van der Waals surface area contributed by atoms with Crippen LogP contribution in [-0.4, -0.2) is 18.7 Å². The molecule has 0 aromatic carbocycles. The van der Waals surface area contributed by atoms with Crippen LogP contribution in [0.1, 0.15) is 84.0 Å². The van der Waals surface area contributed by atoms with Gasteiger partial charge in [0, 0.05) is 13.0 Å². The van der Waals surface area contributed by atoms with Crippen molar-refractivity contribution in [1.29, 1.82) is 0 Å². The SMILES string of the molecule is CCCCCCCCCCCCC1CCNC(=O)O1. The molecule has 0 bridgehead atoms. The minimum atomic E-state index is -0.233. The quantitative estimate of drug-likeness (QED) is 0.547. The van der Waals surface area contributed by atoms with Crippen molar-refractivity contribution >= 4 is 6.09 Å². The molecule has 1 N–H and O–H groups in total. The Bertz CT molecular complexity index is 231. The van der Waals surface area contributed by atoms with Crippen molar-refractivity contribution in [3.05, 3.63) is 0 Å². The van der Waals surface area contributed by atoms with Gasteiger partial charge in [0.25, 0.3) is 0 Å². The first-order valence-corrected chi connectivity index (χ1v) is 8.27. The van der Waals surface area contributed by atoms with Gasteiger partial charge in [-0.3, -0.25) is 0 Å². The molecule has 1 unspecified atom stereocenters. The topological polar surface area (TPSA) is 38.3 Å². The smallest absolute Gasteiger partial charge is 0.407 e. The van der Waals surface area contributed by atoms with Gasteiger partial charge in [0.05, 0.1) is 0 Å². The largest absolute Gasteiger partial charge is 0.446 e. The lowest BCUT2D eigenvalue weighted by Crippen LogP contribution is -2.37. The molecule has 0 aromatic rings. The third-order valence-corrected chi connectivity index (χ3v) is 3.89. The van der Waals surface area contributed by atoms with E-state index < -0.39 is 0 Å². The van der Waals surface area contributed by atoms with Crippen LogP contribution in [0.5, 0.6) is 0 Å². The van der Waals surface area contributed by atoms with Crippen LogP contribution in [0, 0.1) is 0 Å². The summed E-state index contributed by atoms with van der Waals surface area (Å²) >= 11 is 0. The number of hydrogen-bond acceptors (Lipinski definition) is 2. The first-order valence-electron chi connectivity index (χ1n) is 8.27. The van der Waals surface area contributed by atoms with Crippen LogP contribution in [0.25, 0.3) is 0 Å². The van der Waals surface area contributed by atoms with Crippen LogP contribution in [0.15, 0.2) is 0 Å². The van der Waals surface area contributed by atoms with Crippen LogP contribution >= 0.6 is 0 Å². The zero-order chi connectivity index (χ0) is 13.8. The minimum absolute atomic E-state index is 0.169. The van der Waals surface area contributed by atoms with E-state index in [1.54, 1.807) is 0 Å². The average Bonchev–Trinajstić information content (AvgIpc) is 2.41. The molecule has 3 nitrogen and oxygen atoms in total. The molecule has 1 amide bonds. The third kappa shape index (κ3) is 8.90. The van der Waals surface area contributed by atoms with Gasteiger partial charge in [-0.15, -0.1) is 0 Å². The lowest BCUT2D eigenvalue weighted by Gasteiger charge is -2.22. The fraction of sp³-hybridized carbons (Fsp3) is 0.938. The summed E-state index contributed by atoms with van der Waals surface area (Å²) in [5.41, 5.74) is 0. The van der Waals surface area contributed by atoms with Gasteiger partial charge < -0.3 is 10.1 Å². The lowest BCUT2D eigenvalue weighted by atomic mass is 10.0. The molecular weight excluding hydrogens is 238 g/mol. The van der Waals surface area contributed by atoms with Gasteiger partial charge >= 0.3 is 6.09 Å². The van der Waals surface area contributed by atoms with Crippen LogP contribution < -0.4 is 5.32 Å². The number of rotatable bonds is 11. The van der Waals surface area contributed by atoms with Gasteiger partial charge in [-0.05, 0) is 12.8 Å². The van der Waals surface area contributed by atoms with E-state index in [1.165, 1.54) is 64.2 Å². The summed E-state index contributed by atoms with van der Waals surface area (Å²) in [6, 6.07) is 0. The zero-order valence-electron chi connectivity index (χ0n) is 12.6. The number of alkyl carbamates (subject to hydrolysis) is 1. The Balaban J connectivity index is 1.79. The number of cyclic esters (lactones) is 1. The summed E-state index contributed by atoms with van der Waals surface area (Å²) in [7, 11) is 0. The summed E-state index contributed by atoms with van der Waals surface area (Å²) in [5, 5.41) is 2.69. The summed E-state index contributed by atoms with van der Waals surface area (Å²) in [6.45, 7) is 3.04. The Morgan fingerprint density at radius 1 is 1.00 bits per heavy atom. The molecular formula is C16H31NO2. The van der Waals surface area contributed by atoms with E-state index in [0.29, 0.717) is 0 Å². The molecule has 19 heavy (non-hydrogen) atoms. The molecule has 1 aliphatic heterocycles. The van der Waals surface area contributed by atoms with Crippen LogP contribution in [0.3, 0.4) is 0 Å². The Kier molecular flexibility index (Phi) is 9.56. The number of carbonyl (C=O) groups is 1. The zero-order valence-corrected chi connectivity index (χ0v) is 12.6. The Labute approximate surface area is 118 Å². The molecule has 1 atom stereocenters. The molecule has 1 saturated heterocycles. The van der Waals surface area contributed by atoms with E-state index in [4.69, 9.17) is 4.74 Å². The molecule has 0 aliphatic carbocycles. The van der Waals surface area contributed by atoms with Crippen molar-refractivity contribution in [2.24, 2.45) is 0 Å². The van der Waals surface area contributed by atoms with E-state index in [9.17, 15) is 4.79 Å². The first kappa shape index (κ1) is 16.3. The predicted octanol–water partition coefficient (Wildman–Crippen LogP) is 4.80. The summed E-state index contributed by atoms with van der Waals surface area (Å²) in [5.74, 6) is 0. The van der Waals surface area contributed by atoms with E-state index in [0.717, 1.165) is 19.4 Å². The molecule has 0 aromatic heterocycles. The highest BCUT2D eigenvalue weighted by Gasteiger charge is 2.18. The van der Waals surface area contributed by atoms with Crippen molar-refractivity contribution in [3.63, 3.8) is 0 Å². The first-order chi connectivity index (χ1) is 9.33. The van der Waals surface area contributed by atoms with Gasteiger partial charge in [0.15, 0.2) is 0 Å². The standard InChI is InChI=1S/C16H31NO2/c1-2-3-4-5-6-7-8-9-10-11-12-15-13-14-17-16(18)19-15/h15H,2-14H2,1H3,(H,17,18). The number of nitrogens with one attached hydrogen (secondary N) is 1. The van der Waals surface area contributed by atoms with Crippen molar-refractivity contribution in [2.45, 2.75) is 90.1 Å². The Hall–Kier alpha value is -0.730. The second-order valence-electron chi connectivity index (χ2n) is 5.71. The van der Waals surface area contributed by atoms with Gasteiger partial charge in [-0.1, -0.05) is 64.7 Å². The monoisotopic (exact) mass is 269 g/mol. The second kappa shape index (κ2) is 11.1. The maximum Gasteiger partial charge on any atom is 0.407 e. The molecule has 1 aliphatic rings. The van der Waals surface area contributed by atoms with Gasteiger partial charge in [-0.25, -0.2) is 4.79 Å². The number of hydrogen-bond donors (Lipinski definition) is 1. The van der Waals surface area contributed by atoms with E-state index in [2.05, 4.69) is 12.2 Å². The van der Waals surface area contributed by atoms with E-state index in [1.807, 2.05) is 0 Å². The second-order valence-corrected chi connectivity index (χ2v) is 5.71. The fourth-order valence-electron chi connectivity index (χ4n) is 2.65. The van der Waals surface area contributed by atoms with Crippen LogP contribution in [0.2, 0.25) is 0 Å². The molecule has 0 saturated carbocycles. The highest BCUT2D eigenvalue weighted by atomic mass is 16.6. The minimum Gasteiger partial charge on any atom is -0.446 e. The van der Waals surface area contributed by atoms with Crippen LogP contribution in [0.4, 0.5) is 4.79 Å². The molecule has 1 rings (SSSR count). The third-order valence-electron chi connectivity index (χ3n) is 3.89. The summed E-state index contributed by atoms with van der Waals surface area (Å²) in [4.78, 5) is 11.0. The predicted molar refractivity (Wildman–Crippen MR) is 79.3 cm³/mol.